The predicted octanol–water partition coefficient (Wildman–Crippen LogP) is 4.38. The monoisotopic (exact) mass is 300 g/mol. The molecule has 0 fully saturated rings. The van der Waals surface area contributed by atoms with Crippen molar-refractivity contribution in [3.63, 3.8) is 0 Å². The molecule has 1 aromatic heterocycles. The zero-order valence-corrected chi connectivity index (χ0v) is 10.4. The average molecular weight is 302 g/mol. The highest BCUT2D eigenvalue weighted by molar-refractivity contribution is 9.10. The molecular formula is C11H7BrClFN2. The largest absolute Gasteiger partial charge is 0.351 e. The molecule has 0 amide bonds. The van der Waals surface area contributed by atoms with E-state index in [2.05, 4.69) is 26.2 Å². The number of halogens is 3. The highest BCUT2D eigenvalue weighted by Crippen LogP contribution is 2.28. The van der Waals surface area contributed by atoms with Crippen LogP contribution in [0.15, 0.2) is 41.1 Å². The van der Waals surface area contributed by atoms with Crippen molar-refractivity contribution in [2.75, 3.05) is 5.32 Å². The molecular weight excluding hydrogens is 294 g/mol. The third-order valence-electron chi connectivity index (χ3n) is 1.94. The summed E-state index contributed by atoms with van der Waals surface area (Å²) in [6.45, 7) is 0. The number of rotatable bonds is 2. The number of nitrogens with one attached hydrogen (secondary N) is 1. The minimum absolute atomic E-state index is 0.254. The van der Waals surface area contributed by atoms with E-state index >= 15 is 0 Å². The van der Waals surface area contributed by atoms with Crippen LogP contribution in [0.3, 0.4) is 0 Å². The molecule has 0 saturated carbocycles. The molecule has 1 heterocycles. The normalized spacial score (nSPS) is 10.2. The lowest BCUT2D eigenvalue weighted by Crippen LogP contribution is -1.95. The molecule has 2 rings (SSSR count). The molecule has 0 unspecified atom stereocenters. The summed E-state index contributed by atoms with van der Waals surface area (Å²) in [4.78, 5) is 3.96. The van der Waals surface area contributed by atoms with Crippen molar-refractivity contribution in [3.05, 3.63) is 52.0 Å². The van der Waals surface area contributed by atoms with Gasteiger partial charge < -0.3 is 5.32 Å². The first kappa shape index (κ1) is 11.4. The van der Waals surface area contributed by atoms with Crippen LogP contribution in [0.5, 0.6) is 0 Å². The summed E-state index contributed by atoms with van der Waals surface area (Å²) < 4.78 is 14.3. The molecule has 0 spiro atoms. The Morgan fingerprint density at radius 3 is 2.81 bits per heavy atom. The van der Waals surface area contributed by atoms with Crippen LogP contribution >= 0.6 is 27.5 Å². The zero-order chi connectivity index (χ0) is 11.5. The number of hydrogen-bond acceptors (Lipinski definition) is 2. The van der Waals surface area contributed by atoms with Gasteiger partial charge >= 0.3 is 0 Å². The maximum absolute atomic E-state index is 13.5. The van der Waals surface area contributed by atoms with Gasteiger partial charge in [-0.25, -0.2) is 4.39 Å². The average Bonchev–Trinajstić information content (AvgIpc) is 2.24. The highest BCUT2D eigenvalue weighted by Gasteiger charge is 2.06. The van der Waals surface area contributed by atoms with Crippen LogP contribution < -0.4 is 5.32 Å². The van der Waals surface area contributed by atoms with Crippen molar-refractivity contribution in [2.24, 2.45) is 0 Å². The van der Waals surface area contributed by atoms with Gasteiger partial charge in [-0.2, -0.15) is 0 Å². The first-order valence-corrected chi connectivity index (χ1v) is 5.65. The van der Waals surface area contributed by atoms with Gasteiger partial charge in [0.05, 0.1) is 22.6 Å². The Morgan fingerprint density at radius 1 is 1.31 bits per heavy atom. The second-order valence-corrected chi connectivity index (χ2v) is 4.44. The fourth-order valence-corrected chi connectivity index (χ4v) is 1.82. The third kappa shape index (κ3) is 2.51. The van der Waals surface area contributed by atoms with Crippen LogP contribution in [0.2, 0.25) is 5.02 Å². The molecule has 0 radical (unpaired) electrons. The predicted molar refractivity (Wildman–Crippen MR) is 66.6 cm³/mol. The van der Waals surface area contributed by atoms with Gasteiger partial charge in [0.2, 0.25) is 0 Å². The molecule has 0 aliphatic rings. The Hall–Kier alpha value is -1.13. The first-order valence-electron chi connectivity index (χ1n) is 4.48. The zero-order valence-electron chi connectivity index (χ0n) is 8.05. The summed E-state index contributed by atoms with van der Waals surface area (Å²) in [7, 11) is 0. The fraction of sp³-hybridized carbons (Fsp3) is 0. The van der Waals surface area contributed by atoms with Gasteiger partial charge in [-0.15, -0.1) is 0 Å². The molecule has 1 N–H and O–H groups in total. The van der Waals surface area contributed by atoms with Gasteiger partial charge in [0, 0.05) is 10.7 Å². The topological polar surface area (TPSA) is 24.9 Å². The Labute approximate surface area is 106 Å². The minimum Gasteiger partial charge on any atom is -0.351 e. The molecule has 1 aromatic carbocycles. The smallest absolute Gasteiger partial charge is 0.148 e. The number of anilines is 2. The van der Waals surface area contributed by atoms with E-state index in [4.69, 9.17) is 11.6 Å². The number of nitrogens with zero attached hydrogens (tertiary/aromatic N) is 1. The van der Waals surface area contributed by atoms with Crippen molar-refractivity contribution in [3.8, 4) is 0 Å². The van der Waals surface area contributed by atoms with E-state index in [1.807, 2.05) is 0 Å². The molecule has 0 atom stereocenters. The third-order valence-corrected chi connectivity index (χ3v) is 2.69. The van der Waals surface area contributed by atoms with E-state index < -0.39 is 5.82 Å². The van der Waals surface area contributed by atoms with E-state index in [1.54, 1.807) is 30.6 Å². The number of aromatic nitrogens is 1. The van der Waals surface area contributed by atoms with Gasteiger partial charge in [-0.1, -0.05) is 17.7 Å². The fourth-order valence-electron chi connectivity index (χ4n) is 1.24. The maximum atomic E-state index is 13.5. The standard InChI is InChI=1S/C11H7BrClFN2/c12-7-4-8(6-15-5-7)16-11-9(13)2-1-3-10(11)14/h1-6,16H. The van der Waals surface area contributed by atoms with Crippen LogP contribution in [-0.4, -0.2) is 4.98 Å². The molecule has 0 aliphatic carbocycles. The van der Waals surface area contributed by atoms with Gasteiger partial charge in [0.15, 0.2) is 0 Å². The van der Waals surface area contributed by atoms with Gasteiger partial charge in [-0.3, -0.25) is 4.98 Å². The molecule has 0 aliphatic heterocycles. The van der Waals surface area contributed by atoms with Crippen LogP contribution in [0.4, 0.5) is 15.8 Å². The number of pyridine rings is 1. The molecule has 2 nitrogen and oxygen atoms in total. The van der Waals surface area contributed by atoms with Crippen molar-refractivity contribution < 1.29 is 4.39 Å². The van der Waals surface area contributed by atoms with Crippen LogP contribution in [0.1, 0.15) is 0 Å². The molecule has 16 heavy (non-hydrogen) atoms. The van der Waals surface area contributed by atoms with Gasteiger partial charge in [0.1, 0.15) is 5.82 Å². The van der Waals surface area contributed by atoms with Crippen LogP contribution in [-0.2, 0) is 0 Å². The van der Waals surface area contributed by atoms with E-state index in [1.165, 1.54) is 6.07 Å². The Kier molecular flexibility index (Phi) is 3.41. The van der Waals surface area contributed by atoms with Gasteiger partial charge in [0.25, 0.3) is 0 Å². The molecule has 82 valence electrons. The lowest BCUT2D eigenvalue weighted by atomic mass is 10.3. The molecule has 5 heteroatoms. The quantitative estimate of drug-likeness (QED) is 0.890. The Balaban J connectivity index is 2.34. The summed E-state index contributed by atoms with van der Waals surface area (Å²) in [5, 5.41) is 3.22. The molecule has 0 bridgehead atoms. The van der Waals surface area contributed by atoms with Crippen molar-refractivity contribution in [1.82, 2.24) is 4.98 Å². The van der Waals surface area contributed by atoms with E-state index in [0.29, 0.717) is 10.7 Å². The van der Waals surface area contributed by atoms with Crippen molar-refractivity contribution >= 4 is 38.9 Å². The second-order valence-electron chi connectivity index (χ2n) is 3.11. The first-order chi connectivity index (χ1) is 7.66. The summed E-state index contributed by atoms with van der Waals surface area (Å²) >= 11 is 9.17. The van der Waals surface area contributed by atoms with Crippen molar-refractivity contribution in [1.29, 1.82) is 0 Å². The van der Waals surface area contributed by atoms with Crippen LogP contribution in [0.25, 0.3) is 0 Å². The van der Waals surface area contributed by atoms with E-state index in [9.17, 15) is 4.39 Å². The SMILES string of the molecule is Fc1cccc(Cl)c1Nc1cncc(Br)c1. The lowest BCUT2D eigenvalue weighted by molar-refractivity contribution is 0.632. The number of para-hydroxylation sites is 1. The molecule has 2 aromatic rings. The van der Waals surface area contributed by atoms with E-state index in [0.717, 1.165) is 4.47 Å². The molecule has 0 saturated heterocycles. The highest BCUT2D eigenvalue weighted by atomic mass is 79.9. The number of benzene rings is 1. The minimum atomic E-state index is -0.396. The maximum Gasteiger partial charge on any atom is 0.148 e. The summed E-state index contributed by atoms with van der Waals surface area (Å²) in [6, 6.07) is 6.32. The number of hydrogen-bond donors (Lipinski definition) is 1. The summed E-state index contributed by atoms with van der Waals surface area (Å²) in [5.74, 6) is -0.396. The summed E-state index contributed by atoms with van der Waals surface area (Å²) in [6.07, 6.45) is 3.24. The van der Waals surface area contributed by atoms with Crippen LogP contribution in [0, 0.1) is 5.82 Å². The summed E-state index contributed by atoms with van der Waals surface area (Å²) in [5.41, 5.74) is 0.922. The lowest BCUT2D eigenvalue weighted by Gasteiger charge is -2.08. The Morgan fingerprint density at radius 2 is 2.12 bits per heavy atom. The second kappa shape index (κ2) is 4.80. The van der Waals surface area contributed by atoms with Crippen molar-refractivity contribution in [2.45, 2.75) is 0 Å². The van der Waals surface area contributed by atoms with Gasteiger partial charge in [-0.05, 0) is 34.1 Å². The Bertz CT molecular complexity index is 499. The van der Waals surface area contributed by atoms with E-state index in [-0.39, 0.29) is 5.69 Å².